The molecule has 0 spiro atoms. The number of sulfonamides is 1. The topological polar surface area (TPSA) is 66.5 Å². The number of rotatable bonds is 4. The summed E-state index contributed by atoms with van der Waals surface area (Å²) in [6, 6.07) is 3.10. The fourth-order valence-electron chi connectivity index (χ4n) is 2.14. The van der Waals surface area contributed by atoms with Crippen LogP contribution in [0.2, 0.25) is 5.02 Å². The lowest BCUT2D eigenvalue weighted by molar-refractivity contribution is -0.130. The Morgan fingerprint density at radius 3 is 2.57 bits per heavy atom. The number of carbonyl (C=O) groups excluding carboxylic acids is 1. The zero-order valence-electron chi connectivity index (χ0n) is 11.3. The standard InChI is InChI=1S/C13H16ClFN2O3S/c14-11-8-10(4-5-12(11)15)21(19,20)16-9-13(18)17-6-2-1-3-7-17/h4-5,8,16H,1-3,6-7,9H2. The molecule has 1 saturated heterocycles. The van der Waals surface area contributed by atoms with Crippen LogP contribution in [0.4, 0.5) is 4.39 Å². The van der Waals surface area contributed by atoms with Crippen LogP contribution in [0.1, 0.15) is 19.3 Å². The number of amides is 1. The number of carbonyl (C=O) groups is 1. The number of halogens is 2. The summed E-state index contributed by atoms with van der Waals surface area (Å²) in [5.74, 6) is -0.952. The number of nitrogens with one attached hydrogen (secondary N) is 1. The molecule has 8 heteroatoms. The molecule has 2 rings (SSSR count). The first-order chi connectivity index (χ1) is 9.90. The van der Waals surface area contributed by atoms with E-state index >= 15 is 0 Å². The molecule has 0 aliphatic carbocycles. The van der Waals surface area contributed by atoms with Crippen LogP contribution < -0.4 is 4.72 Å². The van der Waals surface area contributed by atoms with E-state index in [2.05, 4.69) is 4.72 Å². The Balaban J connectivity index is 2.00. The summed E-state index contributed by atoms with van der Waals surface area (Å²) in [5.41, 5.74) is 0. The van der Waals surface area contributed by atoms with Crippen molar-refractivity contribution in [1.82, 2.24) is 9.62 Å². The molecule has 116 valence electrons. The highest BCUT2D eigenvalue weighted by atomic mass is 35.5. The molecule has 1 aromatic carbocycles. The van der Waals surface area contributed by atoms with Gasteiger partial charge in [0.15, 0.2) is 0 Å². The van der Waals surface area contributed by atoms with Crippen LogP contribution in [0.25, 0.3) is 0 Å². The van der Waals surface area contributed by atoms with Gasteiger partial charge in [0.25, 0.3) is 0 Å². The van der Waals surface area contributed by atoms with Gasteiger partial charge in [-0.3, -0.25) is 4.79 Å². The van der Waals surface area contributed by atoms with Crippen LogP contribution in [0.3, 0.4) is 0 Å². The third-order valence-electron chi connectivity index (χ3n) is 3.32. The van der Waals surface area contributed by atoms with Crippen LogP contribution in [0, 0.1) is 5.82 Å². The van der Waals surface area contributed by atoms with Crippen molar-refractivity contribution in [2.24, 2.45) is 0 Å². The SMILES string of the molecule is O=C(CNS(=O)(=O)c1ccc(F)c(Cl)c1)N1CCCCC1. The zero-order valence-corrected chi connectivity index (χ0v) is 12.9. The van der Waals surface area contributed by atoms with Gasteiger partial charge in [0.05, 0.1) is 16.5 Å². The molecule has 1 aliphatic rings. The molecule has 0 radical (unpaired) electrons. The van der Waals surface area contributed by atoms with Crippen molar-refractivity contribution in [3.8, 4) is 0 Å². The third-order valence-corrected chi connectivity index (χ3v) is 5.01. The van der Waals surface area contributed by atoms with Crippen molar-refractivity contribution < 1.29 is 17.6 Å². The Hall–Kier alpha value is -1.18. The first-order valence-corrected chi connectivity index (χ1v) is 8.49. The maximum atomic E-state index is 13.0. The van der Waals surface area contributed by atoms with Crippen molar-refractivity contribution >= 4 is 27.5 Å². The first-order valence-electron chi connectivity index (χ1n) is 6.62. The molecule has 0 aromatic heterocycles. The van der Waals surface area contributed by atoms with Gasteiger partial charge in [-0.15, -0.1) is 0 Å². The lowest BCUT2D eigenvalue weighted by Gasteiger charge is -2.26. The Kier molecular flexibility index (Phi) is 5.18. The van der Waals surface area contributed by atoms with E-state index in [-0.39, 0.29) is 22.4 Å². The summed E-state index contributed by atoms with van der Waals surface area (Å²) >= 11 is 5.56. The molecule has 0 saturated carbocycles. The lowest BCUT2D eigenvalue weighted by Crippen LogP contribution is -2.42. The van der Waals surface area contributed by atoms with E-state index < -0.39 is 15.8 Å². The molecule has 1 N–H and O–H groups in total. The van der Waals surface area contributed by atoms with Crippen LogP contribution in [-0.2, 0) is 14.8 Å². The fourth-order valence-corrected chi connectivity index (χ4v) is 3.38. The van der Waals surface area contributed by atoms with E-state index in [0.717, 1.165) is 37.5 Å². The number of nitrogens with zero attached hydrogens (tertiary/aromatic N) is 1. The Morgan fingerprint density at radius 2 is 1.95 bits per heavy atom. The second-order valence-corrected chi connectivity index (χ2v) is 7.02. The van der Waals surface area contributed by atoms with Gasteiger partial charge in [0, 0.05) is 13.1 Å². The van der Waals surface area contributed by atoms with Gasteiger partial charge in [-0.25, -0.2) is 17.5 Å². The number of hydrogen-bond acceptors (Lipinski definition) is 3. The largest absolute Gasteiger partial charge is 0.342 e. The van der Waals surface area contributed by atoms with Crippen molar-refractivity contribution in [3.63, 3.8) is 0 Å². The summed E-state index contributed by atoms with van der Waals surface area (Å²) in [7, 11) is -3.88. The third kappa shape index (κ3) is 4.15. The normalized spacial score (nSPS) is 16.0. The predicted octanol–water partition coefficient (Wildman–Crippen LogP) is 1.77. The highest BCUT2D eigenvalue weighted by Gasteiger charge is 2.20. The minimum Gasteiger partial charge on any atom is -0.342 e. The van der Waals surface area contributed by atoms with Crippen LogP contribution in [0.5, 0.6) is 0 Å². The molecule has 1 fully saturated rings. The van der Waals surface area contributed by atoms with Gasteiger partial charge in [0.2, 0.25) is 15.9 Å². The van der Waals surface area contributed by atoms with E-state index in [4.69, 9.17) is 11.6 Å². The van der Waals surface area contributed by atoms with E-state index in [1.807, 2.05) is 0 Å². The zero-order chi connectivity index (χ0) is 15.5. The van der Waals surface area contributed by atoms with E-state index in [9.17, 15) is 17.6 Å². The molecule has 1 aliphatic heterocycles. The fraction of sp³-hybridized carbons (Fsp3) is 0.462. The number of benzene rings is 1. The van der Waals surface area contributed by atoms with Gasteiger partial charge in [-0.05, 0) is 37.5 Å². The molecule has 21 heavy (non-hydrogen) atoms. The van der Waals surface area contributed by atoms with Gasteiger partial charge in [-0.2, -0.15) is 0 Å². The molecular weight excluding hydrogens is 319 g/mol. The molecule has 1 heterocycles. The van der Waals surface area contributed by atoms with Crippen molar-refractivity contribution in [2.45, 2.75) is 24.2 Å². The van der Waals surface area contributed by atoms with Crippen molar-refractivity contribution in [1.29, 1.82) is 0 Å². The summed E-state index contributed by atoms with van der Waals surface area (Å²) in [6.07, 6.45) is 2.96. The molecule has 0 atom stereocenters. The van der Waals surface area contributed by atoms with Crippen molar-refractivity contribution in [2.75, 3.05) is 19.6 Å². The predicted molar refractivity (Wildman–Crippen MR) is 77.0 cm³/mol. The van der Waals surface area contributed by atoms with E-state index in [0.29, 0.717) is 13.1 Å². The second-order valence-electron chi connectivity index (χ2n) is 4.84. The maximum Gasteiger partial charge on any atom is 0.241 e. The van der Waals surface area contributed by atoms with Crippen LogP contribution >= 0.6 is 11.6 Å². The number of piperidine rings is 1. The molecule has 1 amide bonds. The summed E-state index contributed by atoms with van der Waals surface area (Å²) in [6.45, 7) is 1.00. The minimum atomic E-state index is -3.88. The van der Waals surface area contributed by atoms with E-state index in [1.54, 1.807) is 4.90 Å². The molecule has 5 nitrogen and oxygen atoms in total. The van der Waals surface area contributed by atoms with E-state index in [1.165, 1.54) is 0 Å². The Morgan fingerprint density at radius 1 is 1.29 bits per heavy atom. The second kappa shape index (κ2) is 6.72. The molecule has 1 aromatic rings. The van der Waals surface area contributed by atoms with Gasteiger partial charge >= 0.3 is 0 Å². The molecular formula is C13H16ClFN2O3S. The molecule has 0 unspecified atom stereocenters. The maximum absolute atomic E-state index is 13.0. The minimum absolute atomic E-state index is 0.166. The summed E-state index contributed by atoms with van der Waals surface area (Å²) in [5, 5.41) is -0.278. The monoisotopic (exact) mass is 334 g/mol. The molecule has 0 bridgehead atoms. The average molecular weight is 335 g/mol. The van der Waals surface area contributed by atoms with Crippen LogP contribution in [-0.4, -0.2) is 38.9 Å². The highest BCUT2D eigenvalue weighted by Crippen LogP contribution is 2.19. The van der Waals surface area contributed by atoms with Crippen LogP contribution in [0.15, 0.2) is 23.1 Å². The summed E-state index contributed by atoms with van der Waals surface area (Å²) in [4.78, 5) is 13.4. The quantitative estimate of drug-likeness (QED) is 0.912. The first kappa shape index (κ1) is 16.2. The number of likely N-dealkylation sites (tertiary alicyclic amines) is 1. The van der Waals surface area contributed by atoms with Gasteiger partial charge in [0.1, 0.15) is 5.82 Å². The summed E-state index contributed by atoms with van der Waals surface area (Å²) < 4.78 is 39.3. The lowest BCUT2D eigenvalue weighted by atomic mass is 10.1. The number of hydrogen-bond donors (Lipinski definition) is 1. The Bertz CT molecular complexity index is 630. The Labute approximate surface area is 128 Å². The van der Waals surface area contributed by atoms with Gasteiger partial charge in [-0.1, -0.05) is 11.6 Å². The average Bonchev–Trinajstić information content (AvgIpc) is 2.48. The highest BCUT2D eigenvalue weighted by molar-refractivity contribution is 7.89. The van der Waals surface area contributed by atoms with Crippen molar-refractivity contribution in [3.05, 3.63) is 29.0 Å². The smallest absolute Gasteiger partial charge is 0.241 e. The van der Waals surface area contributed by atoms with Gasteiger partial charge < -0.3 is 4.90 Å².